The number of hydrogen-bond donors (Lipinski definition) is 1. The Morgan fingerprint density at radius 2 is 1.59 bits per heavy atom. The van der Waals surface area contributed by atoms with Gasteiger partial charge in [0.2, 0.25) is 0 Å². The standard InChI is InChI=1S/C29H32N2O6/c1-4-35-27-19-26(31-13-15-34-16-14-31)28(36-5-2)18-25(27)30-29(33)23-8-6-7-22(17-23)21-9-11-24(12-10-21)37-20(3)32/h6-12,17-19H,4-5,13-16H2,1-3H3,(H,30,33). The molecule has 0 saturated carbocycles. The number of hydrogen-bond acceptors (Lipinski definition) is 7. The summed E-state index contributed by atoms with van der Waals surface area (Å²) in [5, 5.41) is 3.01. The van der Waals surface area contributed by atoms with E-state index in [-0.39, 0.29) is 11.9 Å². The van der Waals surface area contributed by atoms with E-state index in [1.54, 1.807) is 18.2 Å². The van der Waals surface area contributed by atoms with E-state index in [0.29, 0.717) is 54.9 Å². The van der Waals surface area contributed by atoms with Gasteiger partial charge in [-0.05, 0) is 49.2 Å². The van der Waals surface area contributed by atoms with Gasteiger partial charge in [-0.25, -0.2) is 0 Å². The zero-order valence-electron chi connectivity index (χ0n) is 21.4. The smallest absolute Gasteiger partial charge is 0.308 e. The first-order valence-corrected chi connectivity index (χ1v) is 12.4. The van der Waals surface area contributed by atoms with Gasteiger partial charge in [0.1, 0.15) is 17.2 Å². The molecule has 194 valence electrons. The number of nitrogens with zero attached hydrogens (tertiary/aromatic N) is 1. The Labute approximate surface area is 217 Å². The van der Waals surface area contributed by atoms with Crippen LogP contribution in [0.3, 0.4) is 0 Å². The van der Waals surface area contributed by atoms with Gasteiger partial charge in [-0.2, -0.15) is 0 Å². The fourth-order valence-electron chi connectivity index (χ4n) is 4.16. The van der Waals surface area contributed by atoms with Gasteiger partial charge in [0.15, 0.2) is 0 Å². The van der Waals surface area contributed by atoms with Gasteiger partial charge < -0.3 is 29.2 Å². The molecule has 0 aromatic heterocycles. The molecule has 3 aromatic rings. The molecule has 0 atom stereocenters. The minimum absolute atomic E-state index is 0.263. The number of esters is 1. The van der Waals surface area contributed by atoms with Crippen LogP contribution in [0.1, 0.15) is 31.1 Å². The van der Waals surface area contributed by atoms with Gasteiger partial charge in [-0.3, -0.25) is 9.59 Å². The minimum atomic E-state index is -0.372. The molecule has 3 aromatic carbocycles. The van der Waals surface area contributed by atoms with E-state index in [0.717, 1.165) is 29.9 Å². The van der Waals surface area contributed by atoms with Crippen molar-refractivity contribution < 1.29 is 28.5 Å². The molecule has 0 radical (unpaired) electrons. The molecule has 0 unspecified atom stereocenters. The van der Waals surface area contributed by atoms with Crippen LogP contribution >= 0.6 is 0 Å². The largest absolute Gasteiger partial charge is 0.492 e. The van der Waals surface area contributed by atoms with Crippen LogP contribution in [0.2, 0.25) is 0 Å². The quantitative estimate of drug-likeness (QED) is 0.318. The van der Waals surface area contributed by atoms with E-state index in [4.69, 9.17) is 18.9 Å². The van der Waals surface area contributed by atoms with Crippen molar-refractivity contribution in [1.82, 2.24) is 0 Å². The highest BCUT2D eigenvalue weighted by atomic mass is 16.5. The third-order valence-electron chi connectivity index (χ3n) is 5.83. The SMILES string of the molecule is CCOc1cc(N2CCOCC2)c(OCC)cc1NC(=O)c1cccc(-c2ccc(OC(C)=O)cc2)c1. The maximum Gasteiger partial charge on any atom is 0.308 e. The number of ether oxygens (including phenoxy) is 4. The van der Waals surface area contributed by atoms with E-state index in [1.165, 1.54) is 6.92 Å². The topological polar surface area (TPSA) is 86.3 Å². The van der Waals surface area contributed by atoms with Crippen LogP contribution in [0.4, 0.5) is 11.4 Å². The predicted octanol–water partition coefficient (Wildman–Crippen LogP) is 5.17. The van der Waals surface area contributed by atoms with Crippen LogP contribution in [-0.2, 0) is 9.53 Å². The molecule has 1 aliphatic heterocycles. The van der Waals surface area contributed by atoms with Crippen molar-refractivity contribution >= 4 is 23.3 Å². The summed E-state index contributed by atoms with van der Waals surface area (Å²) in [6.45, 7) is 8.97. The number of rotatable bonds is 9. The summed E-state index contributed by atoms with van der Waals surface area (Å²) in [5.41, 5.74) is 3.73. The van der Waals surface area contributed by atoms with Gasteiger partial charge in [0.05, 0.1) is 37.8 Å². The van der Waals surface area contributed by atoms with Crippen molar-refractivity contribution in [1.29, 1.82) is 0 Å². The number of carbonyl (C=O) groups is 2. The predicted molar refractivity (Wildman–Crippen MR) is 143 cm³/mol. The molecule has 1 aliphatic rings. The monoisotopic (exact) mass is 504 g/mol. The molecule has 1 N–H and O–H groups in total. The fourth-order valence-corrected chi connectivity index (χ4v) is 4.16. The van der Waals surface area contributed by atoms with Crippen LogP contribution in [-0.4, -0.2) is 51.4 Å². The maximum atomic E-state index is 13.3. The Kier molecular flexibility index (Phi) is 8.64. The number of morpholine rings is 1. The average molecular weight is 505 g/mol. The second kappa shape index (κ2) is 12.3. The zero-order valence-corrected chi connectivity index (χ0v) is 21.4. The van der Waals surface area contributed by atoms with Crippen molar-refractivity contribution in [2.75, 3.05) is 49.7 Å². The highest BCUT2D eigenvalue weighted by Crippen LogP contribution is 2.39. The second-order valence-electron chi connectivity index (χ2n) is 8.43. The first kappa shape index (κ1) is 26.0. The molecule has 0 aliphatic carbocycles. The highest BCUT2D eigenvalue weighted by molar-refractivity contribution is 6.06. The van der Waals surface area contributed by atoms with Gasteiger partial charge in [0.25, 0.3) is 5.91 Å². The highest BCUT2D eigenvalue weighted by Gasteiger charge is 2.21. The van der Waals surface area contributed by atoms with Gasteiger partial charge in [-0.15, -0.1) is 0 Å². The second-order valence-corrected chi connectivity index (χ2v) is 8.43. The summed E-state index contributed by atoms with van der Waals surface area (Å²) >= 11 is 0. The Morgan fingerprint density at radius 1 is 0.892 bits per heavy atom. The van der Waals surface area contributed by atoms with Crippen LogP contribution in [0.25, 0.3) is 11.1 Å². The Hall–Kier alpha value is -4.04. The first-order valence-electron chi connectivity index (χ1n) is 12.4. The Morgan fingerprint density at radius 3 is 2.27 bits per heavy atom. The van der Waals surface area contributed by atoms with Gasteiger partial charge in [-0.1, -0.05) is 24.3 Å². The normalized spacial score (nSPS) is 13.1. The van der Waals surface area contributed by atoms with Gasteiger partial charge in [0, 0.05) is 37.7 Å². The molecule has 1 saturated heterocycles. The molecule has 37 heavy (non-hydrogen) atoms. The third-order valence-corrected chi connectivity index (χ3v) is 5.83. The van der Waals surface area contributed by atoms with Crippen molar-refractivity contribution in [3.05, 3.63) is 66.2 Å². The molecular weight excluding hydrogens is 472 g/mol. The first-order chi connectivity index (χ1) is 18.0. The summed E-state index contributed by atoms with van der Waals surface area (Å²) < 4.78 is 22.4. The molecule has 0 bridgehead atoms. The summed E-state index contributed by atoms with van der Waals surface area (Å²) in [7, 11) is 0. The number of amides is 1. The minimum Gasteiger partial charge on any atom is -0.492 e. The lowest BCUT2D eigenvalue weighted by molar-refractivity contribution is -0.131. The lowest BCUT2D eigenvalue weighted by Crippen LogP contribution is -2.36. The lowest BCUT2D eigenvalue weighted by Gasteiger charge is -2.31. The molecular formula is C29H32N2O6. The number of nitrogens with one attached hydrogen (secondary N) is 1. The lowest BCUT2D eigenvalue weighted by atomic mass is 10.0. The van der Waals surface area contributed by atoms with Gasteiger partial charge >= 0.3 is 5.97 Å². The Balaban J connectivity index is 1.59. The Bertz CT molecular complexity index is 1240. The van der Waals surface area contributed by atoms with E-state index in [9.17, 15) is 9.59 Å². The maximum absolute atomic E-state index is 13.3. The van der Waals surface area contributed by atoms with Crippen molar-refractivity contribution in [2.24, 2.45) is 0 Å². The van der Waals surface area contributed by atoms with E-state index < -0.39 is 0 Å². The van der Waals surface area contributed by atoms with Crippen molar-refractivity contribution in [3.8, 4) is 28.4 Å². The number of benzene rings is 3. The van der Waals surface area contributed by atoms with E-state index in [1.807, 2.05) is 56.3 Å². The third kappa shape index (κ3) is 6.59. The molecule has 1 amide bonds. The molecule has 1 fully saturated rings. The molecule has 1 heterocycles. The molecule has 8 nitrogen and oxygen atoms in total. The fraction of sp³-hybridized carbons (Fsp3) is 0.310. The number of anilines is 2. The van der Waals surface area contributed by atoms with Crippen LogP contribution in [0.15, 0.2) is 60.7 Å². The summed E-state index contributed by atoms with van der Waals surface area (Å²) in [6.07, 6.45) is 0. The summed E-state index contributed by atoms with van der Waals surface area (Å²) in [5.74, 6) is 1.10. The van der Waals surface area contributed by atoms with Crippen molar-refractivity contribution in [3.63, 3.8) is 0 Å². The average Bonchev–Trinajstić information content (AvgIpc) is 2.91. The van der Waals surface area contributed by atoms with Crippen molar-refractivity contribution in [2.45, 2.75) is 20.8 Å². The number of carbonyl (C=O) groups excluding carboxylic acids is 2. The molecule has 4 rings (SSSR count). The molecule has 0 spiro atoms. The van der Waals surface area contributed by atoms with Crippen LogP contribution in [0.5, 0.6) is 17.2 Å². The summed E-state index contributed by atoms with van der Waals surface area (Å²) in [4.78, 5) is 26.7. The van der Waals surface area contributed by atoms with E-state index in [2.05, 4.69) is 10.2 Å². The zero-order chi connectivity index (χ0) is 26.2. The summed E-state index contributed by atoms with van der Waals surface area (Å²) in [6, 6.07) is 18.2. The van der Waals surface area contributed by atoms with Crippen LogP contribution in [0, 0.1) is 0 Å². The van der Waals surface area contributed by atoms with E-state index >= 15 is 0 Å². The van der Waals surface area contributed by atoms with Crippen LogP contribution < -0.4 is 24.4 Å². The molecule has 8 heteroatoms.